The number of hydrazone groups is 1. The number of hydrogen-bond donors (Lipinski definition) is 0. The van der Waals surface area contributed by atoms with Crippen molar-refractivity contribution >= 4 is 40.2 Å². The summed E-state index contributed by atoms with van der Waals surface area (Å²) in [6.45, 7) is 3.32. The van der Waals surface area contributed by atoms with Crippen LogP contribution in [0.3, 0.4) is 0 Å². The van der Waals surface area contributed by atoms with Gasteiger partial charge in [-0.15, -0.1) is 11.3 Å². The molecule has 0 aliphatic carbocycles. The molecule has 19 heavy (non-hydrogen) atoms. The fourth-order valence-corrected chi connectivity index (χ4v) is 2.39. The first-order valence-electron chi connectivity index (χ1n) is 5.59. The largest absolute Gasteiger partial charge is 0.273 e. The topological polar surface area (TPSA) is 45.6 Å². The van der Waals surface area contributed by atoms with E-state index in [9.17, 15) is 4.79 Å². The van der Waals surface area contributed by atoms with Gasteiger partial charge in [-0.2, -0.15) is 10.1 Å². The predicted octanol–water partition coefficient (Wildman–Crippen LogP) is 3.49. The average molecular weight is 294 g/mol. The van der Waals surface area contributed by atoms with E-state index in [1.54, 1.807) is 12.3 Å². The summed E-state index contributed by atoms with van der Waals surface area (Å²) < 4.78 is 0. The fraction of sp³-hybridized carbons (Fsp3) is 0.154. The number of nitrogens with zero attached hydrogens (tertiary/aromatic N) is 3. The van der Waals surface area contributed by atoms with Crippen LogP contribution in [0.4, 0.5) is 5.13 Å². The molecule has 0 aliphatic heterocycles. The summed E-state index contributed by atoms with van der Waals surface area (Å²) in [5.41, 5.74) is 1.61. The number of hydrogen-bond acceptors (Lipinski definition) is 4. The zero-order chi connectivity index (χ0) is 13.8. The zero-order valence-electron chi connectivity index (χ0n) is 10.5. The Morgan fingerprint density at radius 1 is 1.47 bits per heavy atom. The van der Waals surface area contributed by atoms with Gasteiger partial charge in [0.2, 0.25) is 11.0 Å². The Hall–Kier alpha value is -1.72. The third-order valence-corrected chi connectivity index (χ3v) is 3.58. The fourth-order valence-electron chi connectivity index (χ4n) is 1.40. The molecule has 1 amide bonds. The molecule has 1 aromatic heterocycles. The van der Waals surface area contributed by atoms with Gasteiger partial charge in [-0.05, 0) is 13.0 Å². The second kappa shape index (κ2) is 5.95. The van der Waals surface area contributed by atoms with Gasteiger partial charge in [0.25, 0.3) is 0 Å². The summed E-state index contributed by atoms with van der Waals surface area (Å²) in [5.74, 6) is -0.197. The molecule has 6 heteroatoms. The summed E-state index contributed by atoms with van der Waals surface area (Å²) in [4.78, 5) is 15.8. The van der Waals surface area contributed by atoms with Gasteiger partial charge in [0, 0.05) is 22.9 Å². The summed E-state index contributed by atoms with van der Waals surface area (Å²) in [5, 5.41) is 8.43. The van der Waals surface area contributed by atoms with Gasteiger partial charge in [-0.3, -0.25) is 4.79 Å². The molecule has 0 radical (unpaired) electrons. The molecule has 0 atom stereocenters. The molecule has 0 saturated carbocycles. The van der Waals surface area contributed by atoms with Crippen LogP contribution in [0.5, 0.6) is 0 Å². The summed E-state index contributed by atoms with van der Waals surface area (Å²) in [6, 6.07) is 7.30. The quantitative estimate of drug-likeness (QED) is 0.642. The first kappa shape index (κ1) is 13.7. The summed E-state index contributed by atoms with van der Waals surface area (Å²) in [7, 11) is 0. The highest BCUT2D eigenvalue weighted by atomic mass is 35.5. The Bertz CT molecular complexity index is 624. The second-order valence-electron chi connectivity index (χ2n) is 3.87. The van der Waals surface area contributed by atoms with E-state index in [1.807, 2.05) is 30.5 Å². The molecule has 2 rings (SSSR count). The van der Waals surface area contributed by atoms with E-state index in [0.717, 1.165) is 11.3 Å². The van der Waals surface area contributed by atoms with Crippen molar-refractivity contribution in [2.24, 2.45) is 5.10 Å². The molecule has 0 unspecified atom stereocenters. The van der Waals surface area contributed by atoms with E-state index in [1.165, 1.54) is 23.3 Å². The maximum absolute atomic E-state index is 11.6. The van der Waals surface area contributed by atoms with Gasteiger partial charge < -0.3 is 0 Å². The number of halogens is 1. The lowest BCUT2D eigenvalue weighted by Crippen LogP contribution is -2.22. The van der Waals surface area contributed by atoms with Crippen LogP contribution in [0.15, 0.2) is 34.7 Å². The minimum atomic E-state index is -0.197. The molecule has 0 fully saturated rings. The number of aryl methyl sites for hydroxylation is 1. The van der Waals surface area contributed by atoms with Crippen LogP contribution in [-0.2, 0) is 4.79 Å². The molecule has 2 aromatic rings. The lowest BCUT2D eigenvalue weighted by atomic mass is 10.2. The highest BCUT2D eigenvalue weighted by Gasteiger charge is 2.13. The lowest BCUT2D eigenvalue weighted by Gasteiger charge is -2.10. The first-order valence-corrected chi connectivity index (χ1v) is 6.85. The minimum Gasteiger partial charge on any atom is -0.273 e. The Kier molecular flexibility index (Phi) is 4.29. The number of carbonyl (C=O) groups excluding carboxylic acids is 1. The Morgan fingerprint density at radius 3 is 2.79 bits per heavy atom. The molecular formula is C13H12ClN3OS. The van der Waals surface area contributed by atoms with E-state index in [4.69, 9.17) is 11.6 Å². The molecule has 98 valence electrons. The van der Waals surface area contributed by atoms with E-state index in [0.29, 0.717) is 10.2 Å². The van der Waals surface area contributed by atoms with Crippen molar-refractivity contribution in [2.75, 3.05) is 5.01 Å². The monoisotopic (exact) mass is 293 g/mol. The first-order chi connectivity index (χ1) is 9.08. The van der Waals surface area contributed by atoms with Crippen LogP contribution in [0.25, 0.3) is 0 Å². The number of anilines is 1. The molecule has 0 spiro atoms. The SMILES string of the molecule is CC(=O)N(/N=C\c1ccccc1Cl)c1nc(C)cs1. The smallest absolute Gasteiger partial charge is 0.246 e. The van der Waals surface area contributed by atoms with Crippen molar-refractivity contribution in [2.45, 2.75) is 13.8 Å². The minimum absolute atomic E-state index is 0.197. The van der Waals surface area contributed by atoms with Crippen LogP contribution in [0, 0.1) is 6.92 Å². The van der Waals surface area contributed by atoms with E-state index < -0.39 is 0 Å². The van der Waals surface area contributed by atoms with Crippen molar-refractivity contribution in [1.29, 1.82) is 0 Å². The van der Waals surface area contributed by atoms with Gasteiger partial charge in [0.05, 0.1) is 11.9 Å². The summed E-state index contributed by atoms with van der Waals surface area (Å²) >= 11 is 7.40. The Labute approximate surface area is 120 Å². The number of carbonyl (C=O) groups is 1. The second-order valence-corrected chi connectivity index (χ2v) is 5.11. The van der Waals surface area contributed by atoms with Crippen molar-refractivity contribution in [1.82, 2.24) is 4.98 Å². The lowest BCUT2D eigenvalue weighted by molar-refractivity contribution is -0.116. The van der Waals surface area contributed by atoms with E-state index >= 15 is 0 Å². The highest BCUT2D eigenvalue weighted by molar-refractivity contribution is 7.14. The van der Waals surface area contributed by atoms with Gasteiger partial charge in [0.1, 0.15) is 0 Å². The zero-order valence-corrected chi connectivity index (χ0v) is 12.1. The van der Waals surface area contributed by atoms with Crippen molar-refractivity contribution in [3.63, 3.8) is 0 Å². The van der Waals surface area contributed by atoms with Crippen LogP contribution in [0.2, 0.25) is 5.02 Å². The standard InChI is InChI=1S/C13H12ClN3OS/c1-9-8-19-13(16-9)17(10(2)18)15-7-11-5-3-4-6-12(11)14/h3-8H,1-2H3/b15-7-. The van der Waals surface area contributed by atoms with E-state index in [2.05, 4.69) is 10.1 Å². The van der Waals surface area contributed by atoms with Gasteiger partial charge in [-0.25, -0.2) is 4.98 Å². The number of rotatable bonds is 3. The normalized spacial score (nSPS) is 10.9. The van der Waals surface area contributed by atoms with Crippen molar-refractivity contribution in [3.05, 3.63) is 45.9 Å². The number of benzene rings is 1. The molecule has 1 aromatic carbocycles. The molecule has 0 aliphatic rings. The maximum atomic E-state index is 11.6. The van der Waals surface area contributed by atoms with E-state index in [-0.39, 0.29) is 5.91 Å². The summed E-state index contributed by atoms with van der Waals surface area (Å²) in [6.07, 6.45) is 1.56. The number of aromatic nitrogens is 1. The van der Waals surface area contributed by atoms with Crippen LogP contribution < -0.4 is 5.01 Å². The third-order valence-electron chi connectivity index (χ3n) is 2.30. The van der Waals surface area contributed by atoms with Crippen molar-refractivity contribution in [3.8, 4) is 0 Å². The Morgan fingerprint density at radius 2 is 2.21 bits per heavy atom. The maximum Gasteiger partial charge on any atom is 0.246 e. The molecule has 4 nitrogen and oxygen atoms in total. The number of amides is 1. The van der Waals surface area contributed by atoms with Crippen LogP contribution >= 0.6 is 22.9 Å². The van der Waals surface area contributed by atoms with Crippen LogP contribution in [-0.4, -0.2) is 17.1 Å². The van der Waals surface area contributed by atoms with Crippen LogP contribution in [0.1, 0.15) is 18.2 Å². The number of thiazole rings is 1. The van der Waals surface area contributed by atoms with Crippen molar-refractivity contribution < 1.29 is 4.79 Å². The average Bonchev–Trinajstić information content (AvgIpc) is 2.78. The Balaban J connectivity index is 2.27. The molecule has 1 heterocycles. The van der Waals surface area contributed by atoms with Gasteiger partial charge >= 0.3 is 0 Å². The molecular weight excluding hydrogens is 282 g/mol. The highest BCUT2D eigenvalue weighted by Crippen LogP contribution is 2.21. The molecule has 0 N–H and O–H groups in total. The van der Waals surface area contributed by atoms with Gasteiger partial charge in [0.15, 0.2) is 0 Å². The molecule has 0 bridgehead atoms. The van der Waals surface area contributed by atoms with Gasteiger partial charge in [-0.1, -0.05) is 29.8 Å². The third kappa shape index (κ3) is 3.39. The predicted molar refractivity (Wildman–Crippen MR) is 79.1 cm³/mol. The molecule has 0 saturated heterocycles.